The summed E-state index contributed by atoms with van der Waals surface area (Å²) in [7, 11) is -3.22. The molecule has 0 spiro atoms. The maximum Gasteiger partial charge on any atom is 0.164 e. The molecule has 1 aromatic carbocycles. The van der Waals surface area contributed by atoms with Crippen LogP contribution in [0.1, 0.15) is 24.2 Å². The van der Waals surface area contributed by atoms with Crippen molar-refractivity contribution < 1.29 is 13.5 Å². The van der Waals surface area contributed by atoms with Crippen molar-refractivity contribution in [2.45, 2.75) is 23.2 Å². The van der Waals surface area contributed by atoms with Gasteiger partial charge in [0.25, 0.3) is 0 Å². The van der Waals surface area contributed by atoms with Crippen LogP contribution in [0.5, 0.6) is 0 Å². The van der Waals surface area contributed by atoms with Crippen LogP contribution in [0, 0.1) is 6.92 Å². The minimum absolute atomic E-state index is 0.0451. The van der Waals surface area contributed by atoms with Gasteiger partial charge in [-0.3, -0.25) is 0 Å². The molecule has 0 saturated heterocycles. The average molecular weight is 354 g/mol. The molecule has 0 aliphatic heterocycles. The van der Waals surface area contributed by atoms with E-state index in [-0.39, 0.29) is 5.75 Å². The third kappa shape index (κ3) is 3.18. The number of benzene rings is 1. The fourth-order valence-electron chi connectivity index (χ4n) is 1.36. The van der Waals surface area contributed by atoms with E-state index in [4.69, 9.17) is 0 Å². The molecule has 0 fully saturated rings. The maximum absolute atomic E-state index is 11.6. The van der Waals surface area contributed by atoms with E-state index in [1.165, 1.54) is 0 Å². The first-order valence-corrected chi connectivity index (χ1v) is 7.95. The molecular weight excluding hydrogens is 339 g/mol. The molecule has 2 atom stereocenters. The lowest BCUT2D eigenvalue weighted by atomic mass is 10.1. The van der Waals surface area contributed by atoms with E-state index in [0.717, 1.165) is 5.56 Å². The normalized spacial score (nSPS) is 15.8. The molecule has 90 valence electrons. The van der Waals surface area contributed by atoms with Gasteiger partial charge in [0.1, 0.15) is 9.36 Å². The summed E-state index contributed by atoms with van der Waals surface area (Å²) in [4.78, 5) is 0. The van der Waals surface area contributed by atoms with Crippen molar-refractivity contribution in [1.82, 2.24) is 0 Å². The summed E-state index contributed by atoms with van der Waals surface area (Å²) in [5, 5.41) is 9.99. The van der Waals surface area contributed by atoms with Crippen molar-refractivity contribution in [3.8, 4) is 0 Å². The summed E-state index contributed by atoms with van der Waals surface area (Å²) in [6.45, 7) is 3.50. The Morgan fingerprint density at radius 2 is 2.06 bits per heavy atom. The summed E-state index contributed by atoms with van der Waals surface area (Å²) in [6, 6.07) is 7.28. The Morgan fingerprint density at radius 3 is 2.56 bits per heavy atom. The standard InChI is InChI=1S/C11H15IO3S/c1-3-16(14,15)11(12)10(13)9-6-4-5-8(2)7-9/h4-7,10-11,13H,3H2,1-2H3/t10-,11-/m0/s1. The Hall–Kier alpha value is -0.140. The topological polar surface area (TPSA) is 54.4 Å². The largest absolute Gasteiger partial charge is 0.386 e. The molecule has 0 heterocycles. The molecule has 0 saturated carbocycles. The maximum atomic E-state index is 11.6. The molecule has 0 bridgehead atoms. The molecule has 16 heavy (non-hydrogen) atoms. The predicted molar refractivity (Wildman–Crippen MR) is 73.4 cm³/mol. The van der Waals surface area contributed by atoms with Crippen LogP contribution in [0.15, 0.2) is 24.3 Å². The Labute approximate surface area is 110 Å². The van der Waals surface area contributed by atoms with Gasteiger partial charge in [-0.05, 0) is 12.5 Å². The number of sulfone groups is 1. The van der Waals surface area contributed by atoms with Crippen molar-refractivity contribution in [3.63, 3.8) is 0 Å². The van der Waals surface area contributed by atoms with E-state index in [1.54, 1.807) is 35.6 Å². The Morgan fingerprint density at radius 1 is 1.44 bits per heavy atom. The van der Waals surface area contributed by atoms with Crippen molar-refractivity contribution in [1.29, 1.82) is 0 Å². The molecule has 5 heteroatoms. The van der Waals surface area contributed by atoms with Gasteiger partial charge in [-0.15, -0.1) is 0 Å². The Bertz CT molecular complexity index is 456. The molecule has 1 rings (SSSR count). The second kappa shape index (κ2) is 5.46. The third-order valence-electron chi connectivity index (χ3n) is 2.38. The average Bonchev–Trinajstić information content (AvgIpc) is 2.27. The Kier molecular flexibility index (Phi) is 4.75. The van der Waals surface area contributed by atoms with Gasteiger partial charge in [0.05, 0.1) is 0 Å². The number of hydrogen-bond donors (Lipinski definition) is 1. The van der Waals surface area contributed by atoms with Crippen molar-refractivity contribution in [2.24, 2.45) is 0 Å². The van der Waals surface area contributed by atoms with Crippen molar-refractivity contribution >= 4 is 32.4 Å². The first-order chi connectivity index (χ1) is 7.38. The monoisotopic (exact) mass is 354 g/mol. The van der Waals surface area contributed by atoms with Gasteiger partial charge in [0.2, 0.25) is 0 Å². The van der Waals surface area contributed by atoms with Crippen molar-refractivity contribution in [2.75, 3.05) is 5.75 Å². The number of hydrogen-bond acceptors (Lipinski definition) is 3. The summed E-state index contributed by atoms with van der Waals surface area (Å²) >= 11 is 1.79. The number of rotatable bonds is 4. The second-order valence-electron chi connectivity index (χ2n) is 3.66. The molecule has 0 unspecified atom stereocenters. The van der Waals surface area contributed by atoms with Gasteiger partial charge in [-0.2, -0.15) is 0 Å². The first-order valence-electron chi connectivity index (χ1n) is 4.98. The van der Waals surface area contributed by atoms with Gasteiger partial charge in [0, 0.05) is 5.75 Å². The lowest BCUT2D eigenvalue weighted by molar-refractivity contribution is 0.197. The molecular formula is C11H15IO3S. The van der Waals surface area contributed by atoms with Crippen LogP contribution < -0.4 is 0 Å². The summed E-state index contributed by atoms with van der Waals surface area (Å²) < 4.78 is 22.5. The summed E-state index contributed by atoms with van der Waals surface area (Å²) in [5.41, 5.74) is 1.66. The molecule has 0 radical (unpaired) electrons. The molecule has 0 aliphatic carbocycles. The van der Waals surface area contributed by atoms with Crippen molar-refractivity contribution in [3.05, 3.63) is 35.4 Å². The van der Waals surface area contributed by atoms with Crippen LogP contribution >= 0.6 is 22.6 Å². The highest BCUT2D eigenvalue weighted by molar-refractivity contribution is 14.1. The van der Waals surface area contributed by atoms with E-state index in [2.05, 4.69) is 0 Å². The molecule has 1 aromatic rings. The molecule has 0 aromatic heterocycles. The van der Waals surface area contributed by atoms with E-state index < -0.39 is 19.2 Å². The number of aryl methyl sites for hydroxylation is 1. The van der Waals surface area contributed by atoms with Gasteiger partial charge in [-0.1, -0.05) is 59.3 Å². The highest BCUT2D eigenvalue weighted by Gasteiger charge is 2.29. The zero-order valence-corrected chi connectivity index (χ0v) is 12.2. The zero-order chi connectivity index (χ0) is 12.3. The van der Waals surface area contributed by atoms with E-state index >= 15 is 0 Å². The second-order valence-corrected chi connectivity index (χ2v) is 8.26. The first kappa shape index (κ1) is 13.9. The van der Waals surface area contributed by atoms with E-state index in [0.29, 0.717) is 5.56 Å². The highest BCUT2D eigenvalue weighted by atomic mass is 127. The molecule has 1 N–H and O–H groups in total. The van der Waals surface area contributed by atoms with Gasteiger partial charge >= 0.3 is 0 Å². The van der Waals surface area contributed by atoms with Gasteiger partial charge in [-0.25, -0.2) is 8.42 Å². The summed E-state index contributed by atoms with van der Waals surface area (Å²) in [6.07, 6.45) is -0.967. The quantitative estimate of drug-likeness (QED) is 0.667. The fraction of sp³-hybridized carbons (Fsp3) is 0.455. The fourth-order valence-corrected chi connectivity index (χ4v) is 3.72. The van der Waals surface area contributed by atoms with Crippen LogP contribution in [0.3, 0.4) is 0 Å². The minimum atomic E-state index is -3.22. The van der Waals surface area contributed by atoms with Crippen LogP contribution in [0.25, 0.3) is 0 Å². The predicted octanol–water partition coefficient (Wildman–Crippen LogP) is 2.22. The summed E-state index contributed by atoms with van der Waals surface area (Å²) in [5.74, 6) is 0.0451. The van der Waals surface area contributed by atoms with Crippen LogP contribution in [-0.4, -0.2) is 22.5 Å². The number of aliphatic hydroxyl groups excluding tert-OH is 1. The Balaban J connectivity index is 2.99. The minimum Gasteiger partial charge on any atom is -0.386 e. The molecule has 0 aliphatic rings. The van der Waals surface area contributed by atoms with Crippen LogP contribution in [-0.2, 0) is 9.84 Å². The number of alkyl halides is 1. The van der Waals surface area contributed by atoms with Crippen LogP contribution in [0.2, 0.25) is 0 Å². The van der Waals surface area contributed by atoms with E-state index in [1.807, 2.05) is 25.1 Å². The molecule has 0 amide bonds. The van der Waals surface area contributed by atoms with E-state index in [9.17, 15) is 13.5 Å². The third-order valence-corrected chi connectivity index (χ3v) is 7.13. The number of halogens is 1. The van der Waals surface area contributed by atoms with Gasteiger partial charge < -0.3 is 5.11 Å². The lowest BCUT2D eigenvalue weighted by Gasteiger charge is -2.17. The van der Waals surface area contributed by atoms with Gasteiger partial charge in [0.15, 0.2) is 9.84 Å². The number of aliphatic hydroxyl groups is 1. The van der Waals surface area contributed by atoms with Crippen LogP contribution in [0.4, 0.5) is 0 Å². The smallest absolute Gasteiger partial charge is 0.164 e. The zero-order valence-electron chi connectivity index (χ0n) is 9.22. The molecule has 3 nitrogen and oxygen atoms in total. The lowest BCUT2D eigenvalue weighted by Crippen LogP contribution is -2.24. The highest BCUT2D eigenvalue weighted by Crippen LogP contribution is 2.28. The SMILES string of the molecule is CCS(=O)(=O)[C@H](I)[C@@H](O)c1cccc(C)c1.